The van der Waals surface area contributed by atoms with Crippen LogP contribution in [0.1, 0.15) is 49.7 Å². The molecule has 2 aromatic carbocycles. The standard InChI is InChI=1S/C23H30N2O5S/c1-5-29-21-10-6-19(7-11-21)18(4)24-23(26)20-8-12-22(13-9-20)31(27,28)25-14-16(2)30-17(3)15-25/h6-13,16-18H,5,14-15H2,1-4H3,(H,24,26)/t16-,17+,18-/m1/s1. The highest BCUT2D eigenvalue weighted by molar-refractivity contribution is 7.89. The minimum atomic E-state index is -3.64. The molecule has 8 heteroatoms. The molecule has 0 bridgehead atoms. The van der Waals surface area contributed by atoms with E-state index in [4.69, 9.17) is 9.47 Å². The molecule has 0 saturated carbocycles. The van der Waals surface area contributed by atoms with Crippen LogP contribution < -0.4 is 10.1 Å². The Labute approximate surface area is 184 Å². The lowest BCUT2D eigenvalue weighted by Gasteiger charge is -2.34. The Bertz CT molecular complexity index is 980. The van der Waals surface area contributed by atoms with Crippen LogP contribution in [0.15, 0.2) is 53.4 Å². The molecule has 1 heterocycles. The van der Waals surface area contributed by atoms with E-state index >= 15 is 0 Å². The van der Waals surface area contributed by atoms with Crippen LogP contribution in [0.3, 0.4) is 0 Å². The second-order valence-corrected chi connectivity index (χ2v) is 9.74. The van der Waals surface area contributed by atoms with E-state index in [2.05, 4.69) is 5.32 Å². The predicted molar refractivity (Wildman–Crippen MR) is 119 cm³/mol. The summed E-state index contributed by atoms with van der Waals surface area (Å²) in [5.41, 5.74) is 1.35. The van der Waals surface area contributed by atoms with Gasteiger partial charge in [0.1, 0.15) is 5.75 Å². The normalized spacial score (nSPS) is 20.8. The van der Waals surface area contributed by atoms with Crippen molar-refractivity contribution in [1.29, 1.82) is 0 Å². The highest BCUT2D eigenvalue weighted by Crippen LogP contribution is 2.22. The molecule has 1 fully saturated rings. The van der Waals surface area contributed by atoms with Gasteiger partial charge in [0.15, 0.2) is 0 Å². The molecule has 0 aromatic heterocycles. The Morgan fingerprint density at radius 1 is 1.10 bits per heavy atom. The summed E-state index contributed by atoms with van der Waals surface area (Å²) in [7, 11) is -3.64. The van der Waals surface area contributed by atoms with E-state index in [1.165, 1.54) is 16.4 Å². The van der Waals surface area contributed by atoms with Crippen LogP contribution in [0.5, 0.6) is 5.75 Å². The van der Waals surface area contributed by atoms with Gasteiger partial charge in [-0.3, -0.25) is 4.79 Å². The van der Waals surface area contributed by atoms with Crippen LogP contribution in [0, 0.1) is 0 Å². The molecular weight excluding hydrogens is 416 g/mol. The van der Waals surface area contributed by atoms with Crippen molar-refractivity contribution in [3.8, 4) is 5.75 Å². The molecule has 7 nitrogen and oxygen atoms in total. The van der Waals surface area contributed by atoms with Gasteiger partial charge in [-0.15, -0.1) is 0 Å². The second-order valence-electron chi connectivity index (χ2n) is 7.80. The summed E-state index contributed by atoms with van der Waals surface area (Å²) < 4.78 is 38.4. The first-order valence-electron chi connectivity index (χ1n) is 10.5. The lowest BCUT2D eigenvalue weighted by atomic mass is 10.1. The molecule has 168 valence electrons. The van der Waals surface area contributed by atoms with Crippen molar-refractivity contribution < 1.29 is 22.7 Å². The maximum absolute atomic E-state index is 13.0. The van der Waals surface area contributed by atoms with E-state index in [0.717, 1.165) is 11.3 Å². The van der Waals surface area contributed by atoms with Gasteiger partial charge in [0.05, 0.1) is 29.8 Å². The quantitative estimate of drug-likeness (QED) is 0.705. The maximum atomic E-state index is 13.0. The van der Waals surface area contributed by atoms with E-state index in [-0.39, 0.29) is 29.1 Å². The number of hydrogen-bond donors (Lipinski definition) is 1. The van der Waals surface area contributed by atoms with Gasteiger partial charge in [-0.1, -0.05) is 12.1 Å². The number of amides is 1. The van der Waals surface area contributed by atoms with Crippen LogP contribution in [0.4, 0.5) is 0 Å². The van der Waals surface area contributed by atoms with E-state index in [0.29, 0.717) is 25.3 Å². The fourth-order valence-electron chi connectivity index (χ4n) is 3.64. The molecule has 0 aliphatic carbocycles. The number of carbonyl (C=O) groups excluding carboxylic acids is 1. The van der Waals surface area contributed by atoms with Gasteiger partial charge in [-0.2, -0.15) is 4.31 Å². The summed E-state index contributed by atoms with van der Waals surface area (Å²) in [6.45, 7) is 8.76. The largest absolute Gasteiger partial charge is 0.494 e. The Morgan fingerprint density at radius 3 is 2.23 bits per heavy atom. The first-order chi connectivity index (χ1) is 14.7. The molecule has 3 rings (SSSR count). The molecule has 1 saturated heterocycles. The van der Waals surface area contributed by atoms with Crippen molar-refractivity contribution in [2.75, 3.05) is 19.7 Å². The van der Waals surface area contributed by atoms with Gasteiger partial charge in [0, 0.05) is 18.7 Å². The SMILES string of the molecule is CCOc1ccc([C@@H](C)NC(=O)c2ccc(S(=O)(=O)N3C[C@@H](C)O[C@@H](C)C3)cc2)cc1. The summed E-state index contributed by atoms with van der Waals surface area (Å²) in [6, 6.07) is 13.4. The van der Waals surface area contributed by atoms with Gasteiger partial charge < -0.3 is 14.8 Å². The molecule has 3 atom stereocenters. The first-order valence-corrected chi connectivity index (χ1v) is 11.9. The number of carbonyl (C=O) groups is 1. The Kier molecular flexibility index (Phi) is 7.35. The van der Waals surface area contributed by atoms with Crippen molar-refractivity contribution in [3.63, 3.8) is 0 Å². The Balaban J connectivity index is 1.67. The molecule has 1 amide bonds. The molecule has 0 spiro atoms. The summed E-state index contributed by atoms with van der Waals surface area (Å²) in [6.07, 6.45) is -0.319. The topological polar surface area (TPSA) is 84.9 Å². The van der Waals surface area contributed by atoms with E-state index in [9.17, 15) is 13.2 Å². The zero-order valence-corrected chi connectivity index (χ0v) is 19.2. The number of sulfonamides is 1. The fourth-order valence-corrected chi connectivity index (χ4v) is 5.23. The maximum Gasteiger partial charge on any atom is 0.251 e. The van der Waals surface area contributed by atoms with Crippen molar-refractivity contribution in [2.24, 2.45) is 0 Å². The molecule has 0 radical (unpaired) electrons. The van der Waals surface area contributed by atoms with Gasteiger partial charge in [0.25, 0.3) is 5.91 Å². The Hall–Kier alpha value is -2.42. The van der Waals surface area contributed by atoms with Crippen LogP contribution in [0.25, 0.3) is 0 Å². The van der Waals surface area contributed by atoms with Crippen LogP contribution >= 0.6 is 0 Å². The summed E-state index contributed by atoms with van der Waals surface area (Å²) in [5, 5.41) is 2.94. The zero-order chi connectivity index (χ0) is 22.6. The molecule has 1 aliphatic heterocycles. The van der Waals surface area contributed by atoms with E-state index in [1.54, 1.807) is 12.1 Å². The molecule has 2 aromatic rings. The van der Waals surface area contributed by atoms with Crippen molar-refractivity contribution >= 4 is 15.9 Å². The molecule has 1 aliphatic rings. The number of ether oxygens (including phenoxy) is 2. The number of nitrogens with zero attached hydrogens (tertiary/aromatic N) is 1. The number of nitrogens with one attached hydrogen (secondary N) is 1. The van der Waals surface area contributed by atoms with Crippen LogP contribution in [0.2, 0.25) is 0 Å². The lowest BCUT2D eigenvalue weighted by Crippen LogP contribution is -2.48. The minimum absolute atomic E-state index is 0.160. The monoisotopic (exact) mass is 446 g/mol. The zero-order valence-electron chi connectivity index (χ0n) is 18.4. The minimum Gasteiger partial charge on any atom is -0.494 e. The third kappa shape index (κ3) is 5.64. The smallest absolute Gasteiger partial charge is 0.251 e. The number of hydrogen-bond acceptors (Lipinski definition) is 5. The molecule has 1 N–H and O–H groups in total. The third-order valence-electron chi connectivity index (χ3n) is 5.18. The van der Waals surface area contributed by atoms with Crippen LogP contribution in [-0.2, 0) is 14.8 Å². The highest BCUT2D eigenvalue weighted by Gasteiger charge is 2.32. The number of rotatable bonds is 7. The molecule has 31 heavy (non-hydrogen) atoms. The first kappa shape index (κ1) is 23.2. The van der Waals surface area contributed by atoms with Gasteiger partial charge in [-0.25, -0.2) is 8.42 Å². The lowest BCUT2D eigenvalue weighted by molar-refractivity contribution is -0.0440. The summed E-state index contributed by atoms with van der Waals surface area (Å²) in [5.74, 6) is 0.518. The van der Waals surface area contributed by atoms with E-state index < -0.39 is 10.0 Å². The summed E-state index contributed by atoms with van der Waals surface area (Å²) in [4.78, 5) is 12.8. The van der Waals surface area contributed by atoms with Gasteiger partial charge >= 0.3 is 0 Å². The van der Waals surface area contributed by atoms with Crippen molar-refractivity contribution in [1.82, 2.24) is 9.62 Å². The Morgan fingerprint density at radius 2 is 1.68 bits per heavy atom. The van der Waals surface area contributed by atoms with Gasteiger partial charge in [-0.05, 0) is 69.7 Å². The second kappa shape index (κ2) is 9.80. The average molecular weight is 447 g/mol. The summed E-state index contributed by atoms with van der Waals surface area (Å²) >= 11 is 0. The molecule has 0 unspecified atom stereocenters. The fraction of sp³-hybridized carbons (Fsp3) is 0.435. The predicted octanol–water partition coefficient (Wildman–Crippen LogP) is 3.37. The third-order valence-corrected chi connectivity index (χ3v) is 7.02. The van der Waals surface area contributed by atoms with Gasteiger partial charge in [0.2, 0.25) is 10.0 Å². The van der Waals surface area contributed by atoms with E-state index in [1.807, 2.05) is 52.0 Å². The average Bonchev–Trinajstić information content (AvgIpc) is 2.74. The molecular formula is C23H30N2O5S. The van der Waals surface area contributed by atoms with Crippen LogP contribution in [-0.4, -0.2) is 50.5 Å². The number of morpholine rings is 1. The van der Waals surface area contributed by atoms with Crippen molar-refractivity contribution in [3.05, 3.63) is 59.7 Å². The number of benzene rings is 2. The highest BCUT2D eigenvalue weighted by atomic mass is 32.2. The van der Waals surface area contributed by atoms with Crippen molar-refractivity contribution in [2.45, 2.75) is 50.8 Å².